The quantitative estimate of drug-likeness (QED) is 0.492. The molecule has 8 heteroatoms. The van der Waals surface area contributed by atoms with Crippen LogP contribution < -0.4 is 19.5 Å². The molecule has 4 aromatic rings. The molecule has 7 nitrogen and oxygen atoms in total. The molecule has 0 saturated heterocycles. The van der Waals surface area contributed by atoms with E-state index >= 15 is 0 Å². The molecule has 1 aliphatic heterocycles. The van der Waals surface area contributed by atoms with Gasteiger partial charge in [0.1, 0.15) is 17.1 Å². The summed E-state index contributed by atoms with van der Waals surface area (Å²) >= 11 is 1.58. The van der Waals surface area contributed by atoms with Crippen molar-refractivity contribution in [3.05, 3.63) is 77.3 Å². The number of carbonyl (C=O) groups is 1. The van der Waals surface area contributed by atoms with Gasteiger partial charge in [-0.3, -0.25) is 4.79 Å². The van der Waals surface area contributed by atoms with Crippen LogP contribution in [0, 0.1) is 0 Å². The number of fused-ring (bicyclic) bond motifs is 1. The third-order valence-electron chi connectivity index (χ3n) is 4.92. The molecule has 0 atom stereocenters. The normalized spacial score (nSPS) is 12.0. The Hall–Kier alpha value is -3.78. The molecule has 1 amide bonds. The summed E-state index contributed by atoms with van der Waals surface area (Å²) < 4.78 is 17.6. The minimum absolute atomic E-state index is 0.219. The van der Waals surface area contributed by atoms with Crippen molar-refractivity contribution in [3.8, 4) is 33.5 Å². The number of hydrogen-bond acceptors (Lipinski definition) is 6. The minimum Gasteiger partial charge on any atom is -0.497 e. The zero-order valence-electron chi connectivity index (χ0n) is 16.7. The van der Waals surface area contributed by atoms with Gasteiger partial charge in [0.2, 0.25) is 6.79 Å². The van der Waals surface area contributed by atoms with Gasteiger partial charge >= 0.3 is 0 Å². The van der Waals surface area contributed by atoms with E-state index in [2.05, 4.69) is 5.32 Å². The topological polar surface area (TPSA) is 74.6 Å². The first-order chi connectivity index (χ1) is 15.2. The Morgan fingerprint density at radius 3 is 2.74 bits per heavy atom. The summed E-state index contributed by atoms with van der Waals surface area (Å²) in [6.07, 6.45) is 0. The van der Waals surface area contributed by atoms with Crippen LogP contribution in [0.25, 0.3) is 16.3 Å². The second kappa shape index (κ2) is 8.16. The molecule has 3 heterocycles. The van der Waals surface area contributed by atoms with Crippen LogP contribution in [0.5, 0.6) is 17.2 Å². The Labute approximate surface area is 182 Å². The van der Waals surface area contributed by atoms with E-state index in [0.717, 1.165) is 27.6 Å². The predicted molar refractivity (Wildman–Crippen MR) is 117 cm³/mol. The molecule has 0 fully saturated rings. The van der Waals surface area contributed by atoms with E-state index in [1.807, 2.05) is 66.0 Å². The van der Waals surface area contributed by atoms with Crippen molar-refractivity contribution in [2.45, 2.75) is 6.54 Å². The molecule has 0 aliphatic carbocycles. The number of hydrogen-bond donors (Lipinski definition) is 1. The van der Waals surface area contributed by atoms with Gasteiger partial charge in [0.25, 0.3) is 5.91 Å². The lowest BCUT2D eigenvalue weighted by atomic mass is 10.2. The number of benzene rings is 2. The van der Waals surface area contributed by atoms with E-state index in [0.29, 0.717) is 23.7 Å². The molecule has 0 radical (unpaired) electrons. The van der Waals surface area contributed by atoms with E-state index < -0.39 is 0 Å². The van der Waals surface area contributed by atoms with Crippen molar-refractivity contribution in [1.82, 2.24) is 15.1 Å². The molecule has 0 saturated carbocycles. The van der Waals surface area contributed by atoms with E-state index in [1.165, 1.54) is 0 Å². The minimum atomic E-state index is -0.219. The Morgan fingerprint density at radius 2 is 1.97 bits per heavy atom. The average molecular weight is 433 g/mol. The second-order valence-electron chi connectivity index (χ2n) is 6.87. The number of nitrogens with one attached hydrogen (secondary N) is 1. The van der Waals surface area contributed by atoms with Gasteiger partial charge in [-0.1, -0.05) is 12.1 Å². The first-order valence-corrected chi connectivity index (χ1v) is 10.5. The molecule has 2 aromatic carbocycles. The fourth-order valence-electron chi connectivity index (χ4n) is 3.33. The summed E-state index contributed by atoms with van der Waals surface area (Å²) in [4.78, 5) is 14.1. The van der Waals surface area contributed by atoms with Gasteiger partial charge in [0.05, 0.1) is 17.7 Å². The second-order valence-corrected chi connectivity index (χ2v) is 7.82. The van der Waals surface area contributed by atoms with E-state index in [1.54, 1.807) is 23.1 Å². The number of nitrogens with zero attached hydrogens (tertiary/aromatic N) is 2. The molecule has 1 aliphatic rings. The van der Waals surface area contributed by atoms with Gasteiger partial charge < -0.3 is 19.5 Å². The fraction of sp³-hybridized carbons (Fsp3) is 0.130. The van der Waals surface area contributed by atoms with Crippen LogP contribution in [0.2, 0.25) is 0 Å². The zero-order chi connectivity index (χ0) is 21.2. The monoisotopic (exact) mass is 433 g/mol. The van der Waals surface area contributed by atoms with Gasteiger partial charge in [-0.05, 0) is 59.5 Å². The highest BCUT2D eigenvalue weighted by Gasteiger charge is 2.19. The summed E-state index contributed by atoms with van der Waals surface area (Å²) in [5, 5.41) is 9.66. The lowest BCUT2D eigenvalue weighted by molar-refractivity contribution is 0.0943. The van der Waals surface area contributed by atoms with E-state index in [-0.39, 0.29) is 12.7 Å². The number of methoxy groups -OCH3 is 1. The van der Waals surface area contributed by atoms with E-state index in [4.69, 9.17) is 19.3 Å². The number of amides is 1. The van der Waals surface area contributed by atoms with E-state index in [9.17, 15) is 4.79 Å². The zero-order valence-corrected chi connectivity index (χ0v) is 17.5. The van der Waals surface area contributed by atoms with Crippen molar-refractivity contribution in [3.63, 3.8) is 0 Å². The maximum atomic E-state index is 13.1. The summed E-state index contributed by atoms with van der Waals surface area (Å²) in [7, 11) is 1.62. The van der Waals surface area contributed by atoms with Crippen LogP contribution in [0.15, 0.2) is 66.0 Å². The first kappa shape index (κ1) is 19.2. The Kier molecular flexibility index (Phi) is 5.05. The van der Waals surface area contributed by atoms with Gasteiger partial charge in [0.15, 0.2) is 11.5 Å². The predicted octanol–water partition coefficient (Wildman–Crippen LogP) is 4.27. The molecular weight excluding hydrogens is 414 g/mol. The number of rotatable bonds is 6. The molecule has 31 heavy (non-hydrogen) atoms. The van der Waals surface area contributed by atoms with Crippen LogP contribution in [0.1, 0.15) is 16.1 Å². The number of carbonyl (C=O) groups excluding carboxylic acids is 1. The molecule has 2 aromatic heterocycles. The molecule has 0 spiro atoms. The molecule has 156 valence electrons. The van der Waals surface area contributed by atoms with Crippen molar-refractivity contribution in [2.75, 3.05) is 13.9 Å². The summed E-state index contributed by atoms with van der Waals surface area (Å²) in [5.41, 5.74) is 2.90. The molecule has 1 N–H and O–H groups in total. The highest BCUT2D eigenvalue weighted by Crippen LogP contribution is 2.32. The first-order valence-electron chi connectivity index (χ1n) is 9.66. The van der Waals surface area contributed by atoms with Crippen LogP contribution in [-0.2, 0) is 6.54 Å². The number of aromatic nitrogens is 2. The Morgan fingerprint density at radius 1 is 1.13 bits per heavy atom. The highest BCUT2D eigenvalue weighted by atomic mass is 32.1. The maximum absolute atomic E-state index is 13.1. The van der Waals surface area contributed by atoms with Crippen LogP contribution in [-0.4, -0.2) is 29.6 Å². The van der Waals surface area contributed by atoms with Gasteiger partial charge in [0, 0.05) is 6.54 Å². The summed E-state index contributed by atoms with van der Waals surface area (Å²) in [6.45, 7) is 0.579. The van der Waals surface area contributed by atoms with Gasteiger partial charge in [-0.25, -0.2) is 4.68 Å². The lowest BCUT2D eigenvalue weighted by Gasteiger charge is -2.09. The SMILES string of the molecule is COc1ccc(-n2nc(-c3cccs3)cc2C(=O)NCc2ccc3c(c2)OCO3)cc1. The standard InChI is InChI=1S/C23H19N3O4S/c1-28-17-7-5-16(6-8-17)26-19(12-18(25-26)22-3-2-10-31-22)23(27)24-13-15-4-9-20-21(11-15)30-14-29-20/h2-12H,13-14H2,1H3,(H,24,27). The largest absolute Gasteiger partial charge is 0.497 e. The molecule has 5 rings (SSSR count). The number of ether oxygens (including phenoxy) is 3. The third kappa shape index (κ3) is 3.85. The van der Waals surface area contributed by atoms with Crippen LogP contribution >= 0.6 is 11.3 Å². The van der Waals surface area contributed by atoms with Crippen LogP contribution in [0.3, 0.4) is 0 Å². The van der Waals surface area contributed by atoms with Crippen molar-refractivity contribution < 1.29 is 19.0 Å². The smallest absolute Gasteiger partial charge is 0.270 e. The summed E-state index contributed by atoms with van der Waals surface area (Å²) in [5.74, 6) is 1.93. The third-order valence-corrected chi connectivity index (χ3v) is 5.82. The Balaban J connectivity index is 1.42. The van der Waals surface area contributed by atoms with Gasteiger partial charge in [-0.15, -0.1) is 11.3 Å². The molecular formula is C23H19N3O4S. The van der Waals surface area contributed by atoms with Gasteiger partial charge in [-0.2, -0.15) is 5.10 Å². The Bertz CT molecular complexity index is 1220. The maximum Gasteiger partial charge on any atom is 0.270 e. The summed E-state index contributed by atoms with van der Waals surface area (Å²) in [6, 6.07) is 18.8. The van der Waals surface area contributed by atoms with Crippen LogP contribution in [0.4, 0.5) is 0 Å². The molecule has 0 bridgehead atoms. The molecule has 0 unspecified atom stereocenters. The van der Waals surface area contributed by atoms with Crippen molar-refractivity contribution >= 4 is 17.2 Å². The fourth-order valence-corrected chi connectivity index (χ4v) is 4.01. The lowest BCUT2D eigenvalue weighted by Crippen LogP contribution is -2.25. The average Bonchev–Trinajstić information content (AvgIpc) is 3.57. The highest BCUT2D eigenvalue weighted by molar-refractivity contribution is 7.13. The van der Waals surface area contributed by atoms with Crippen molar-refractivity contribution in [2.24, 2.45) is 0 Å². The van der Waals surface area contributed by atoms with Crippen molar-refractivity contribution in [1.29, 1.82) is 0 Å². The number of thiophene rings is 1.